The van der Waals surface area contributed by atoms with Crippen LogP contribution in [0, 0.1) is 6.92 Å². The zero-order chi connectivity index (χ0) is 25.5. The summed E-state index contributed by atoms with van der Waals surface area (Å²) in [6, 6.07) is 33.1. The Labute approximate surface area is 228 Å². The molecule has 0 spiro atoms. The molecule has 3 aromatic carbocycles. The molecule has 188 valence electrons. The normalized spacial score (nSPS) is 16.1. The zero-order valence-electron chi connectivity index (χ0n) is 21.5. The van der Waals surface area contributed by atoms with Crippen LogP contribution < -0.4 is 4.90 Å². The van der Waals surface area contributed by atoms with E-state index in [-0.39, 0.29) is 5.41 Å². The van der Waals surface area contributed by atoms with Crippen LogP contribution in [0.2, 0.25) is 0 Å². The number of aromatic amines is 1. The highest BCUT2D eigenvalue weighted by molar-refractivity contribution is 7.99. The van der Waals surface area contributed by atoms with Crippen LogP contribution in [0.3, 0.4) is 0 Å². The summed E-state index contributed by atoms with van der Waals surface area (Å²) >= 11 is 1.86. The van der Waals surface area contributed by atoms with Crippen LogP contribution in [0.4, 0.5) is 17.1 Å². The molecule has 38 heavy (non-hydrogen) atoms. The maximum Gasteiger partial charge on any atom is 0.0924 e. The van der Waals surface area contributed by atoms with Gasteiger partial charge in [0, 0.05) is 38.3 Å². The maximum absolute atomic E-state index is 4.89. The fourth-order valence-corrected chi connectivity index (χ4v) is 7.23. The van der Waals surface area contributed by atoms with Crippen LogP contribution in [0.5, 0.6) is 0 Å². The van der Waals surface area contributed by atoms with Gasteiger partial charge in [-0.1, -0.05) is 67.4 Å². The van der Waals surface area contributed by atoms with Crippen LogP contribution in [0.1, 0.15) is 49.1 Å². The van der Waals surface area contributed by atoms with Gasteiger partial charge in [-0.2, -0.15) is 5.10 Å². The molecule has 1 fully saturated rings. The van der Waals surface area contributed by atoms with Gasteiger partial charge in [0.25, 0.3) is 0 Å². The number of rotatable bonds is 4. The molecule has 5 aromatic rings. The van der Waals surface area contributed by atoms with E-state index in [1.807, 2.05) is 30.9 Å². The number of H-pyrrole nitrogens is 1. The van der Waals surface area contributed by atoms with Gasteiger partial charge in [-0.3, -0.25) is 10.1 Å². The van der Waals surface area contributed by atoms with Crippen molar-refractivity contribution >= 4 is 28.8 Å². The van der Waals surface area contributed by atoms with Crippen molar-refractivity contribution in [1.82, 2.24) is 15.2 Å². The molecule has 1 aliphatic carbocycles. The van der Waals surface area contributed by atoms with Crippen molar-refractivity contribution in [3.05, 3.63) is 114 Å². The van der Waals surface area contributed by atoms with Gasteiger partial charge < -0.3 is 4.90 Å². The Balaban J connectivity index is 1.40. The Morgan fingerprint density at radius 3 is 2.45 bits per heavy atom. The number of nitrogens with one attached hydrogen (secondary N) is 1. The van der Waals surface area contributed by atoms with E-state index in [0.717, 1.165) is 35.5 Å². The number of para-hydroxylation sites is 1. The molecular formula is C33H30N4S. The Bertz CT molecular complexity index is 1600. The van der Waals surface area contributed by atoms with Crippen molar-refractivity contribution in [1.29, 1.82) is 0 Å². The fraction of sp³-hybridized carbons (Fsp3) is 0.212. The predicted octanol–water partition coefficient (Wildman–Crippen LogP) is 8.96. The predicted molar refractivity (Wildman–Crippen MR) is 156 cm³/mol. The van der Waals surface area contributed by atoms with Crippen LogP contribution in [-0.2, 0) is 5.41 Å². The molecule has 0 unspecified atom stereocenters. The standard InChI is InChI=1S/C33H30N4S/c1-23-20-27(36-35-23)24-10-9-11-26(21-24)37-28-12-3-4-13-30(28)38-31-16-15-25(22-29(31)37)33(17-6-2-7-18-33)32-14-5-8-19-34-32/h3-5,8-16,19-22H,2,6-7,17-18H2,1H3,(H,35,36). The summed E-state index contributed by atoms with van der Waals surface area (Å²) in [6.45, 7) is 2.04. The largest absolute Gasteiger partial charge is 0.308 e. The molecule has 0 radical (unpaired) electrons. The number of hydrogen-bond donors (Lipinski definition) is 1. The van der Waals surface area contributed by atoms with Crippen molar-refractivity contribution in [3.8, 4) is 11.3 Å². The van der Waals surface area contributed by atoms with Crippen LogP contribution in [-0.4, -0.2) is 15.2 Å². The highest BCUT2D eigenvalue weighted by Crippen LogP contribution is 2.54. The third kappa shape index (κ3) is 3.93. The molecule has 0 bridgehead atoms. The number of aryl methyl sites for hydroxylation is 1. The van der Waals surface area contributed by atoms with E-state index in [1.165, 1.54) is 51.7 Å². The molecule has 0 amide bonds. The topological polar surface area (TPSA) is 44.8 Å². The second kappa shape index (κ2) is 9.48. The molecular weight excluding hydrogens is 484 g/mol. The van der Waals surface area contributed by atoms with Gasteiger partial charge in [-0.05, 0) is 79.9 Å². The van der Waals surface area contributed by atoms with E-state index in [4.69, 9.17) is 4.98 Å². The average Bonchev–Trinajstić information content (AvgIpc) is 3.43. The van der Waals surface area contributed by atoms with Gasteiger partial charge in [-0.15, -0.1) is 0 Å². The third-order valence-electron chi connectivity index (χ3n) is 8.05. The van der Waals surface area contributed by atoms with Crippen LogP contribution >= 0.6 is 11.8 Å². The fourth-order valence-electron chi connectivity index (χ4n) is 6.19. The van der Waals surface area contributed by atoms with Crippen molar-refractivity contribution < 1.29 is 0 Å². The molecule has 3 heterocycles. The smallest absolute Gasteiger partial charge is 0.0924 e. The SMILES string of the molecule is Cc1cc(-c2cccc(N3c4ccccc4Sc4ccc(C5(c6ccccn6)CCCCC5)cc43)c2)n[nH]1. The van der Waals surface area contributed by atoms with E-state index >= 15 is 0 Å². The number of aromatic nitrogens is 3. The summed E-state index contributed by atoms with van der Waals surface area (Å²) in [5.74, 6) is 0. The molecule has 0 atom stereocenters. The van der Waals surface area contributed by atoms with Crippen molar-refractivity contribution in [2.24, 2.45) is 0 Å². The first-order valence-electron chi connectivity index (χ1n) is 13.5. The molecule has 1 saturated carbocycles. The van der Waals surface area contributed by atoms with E-state index in [1.54, 1.807) is 0 Å². The molecule has 0 saturated heterocycles. The Kier molecular flexibility index (Phi) is 5.81. The summed E-state index contributed by atoms with van der Waals surface area (Å²) in [4.78, 5) is 9.88. The molecule has 2 aliphatic rings. The van der Waals surface area contributed by atoms with E-state index in [0.29, 0.717) is 0 Å². The lowest BCUT2D eigenvalue weighted by molar-refractivity contribution is 0.338. The minimum atomic E-state index is -0.0454. The number of hydrogen-bond acceptors (Lipinski definition) is 4. The van der Waals surface area contributed by atoms with Crippen LogP contribution in [0.25, 0.3) is 11.3 Å². The van der Waals surface area contributed by atoms with Gasteiger partial charge >= 0.3 is 0 Å². The minimum absolute atomic E-state index is 0.0454. The van der Waals surface area contributed by atoms with Crippen molar-refractivity contribution in [2.75, 3.05) is 4.90 Å². The minimum Gasteiger partial charge on any atom is -0.308 e. The van der Waals surface area contributed by atoms with Gasteiger partial charge in [0.05, 0.1) is 22.8 Å². The number of nitrogens with zero attached hydrogens (tertiary/aromatic N) is 3. The zero-order valence-corrected chi connectivity index (χ0v) is 22.3. The third-order valence-corrected chi connectivity index (χ3v) is 9.18. The quantitative estimate of drug-likeness (QED) is 0.255. The Hall–Kier alpha value is -3.83. The lowest BCUT2D eigenvalue weighted by atomic mass is 9.67. The summed E-state index contributed by atoms with van der Waals surface area (Å²) in [7, 11) is 0. The van der Waals surface area contributed by atoms with Gasteiger partial charge in [0.15, 0.2) is 0 Å². The van der Waals surface area contributed by atoms with Crippen LogP contribution in [0.15, 0.2) is 107 Å². The Morgan fingerprint density at radius 2 is 1.63 bits per heavy atom. The summed E-state index contributed by atoms with van der Waals surface area (Å²) in [6.07, 6.45) is 8.00. The number of anilines is 3. The summed E-state index contributed by atoms with van der Waals surface area (Å²) in [5.41, 5.74) is 9.26. The average molecular weight is 515 g/mol. The number of fused-ring (bicyclic) bond motifs is 2. The van der Waals surface area contributed by atoms with E-state index < -0.39 is 0 Å². The molecule has 1 N–H and O–H groups in total. The maximum atomic E-state index is 4.89. The number of pyridine rings is 1. The second-order valence-electron chi connectivity index (χ2n) is 10.4. The van der Waals surface area contributed by atoms with Gasteiger partial charge in [0.2, 0.25) is 0 Å². The highest BCUT2D eigenvalue weighted by Gasteiger charge is 2.38. The first-order chi connectivity index (χ1) is 18.7. The van der Waals surface area contributed by atoms with E-state index in [9.17, 15) is 0 Å². The Morgan fingerprint density at radius 1 is 0.789 bits per heavy atom. The van der Waals surface area contributed by atoms with Gasteiger partial charge in [0.1, 0.15) is 0 Å². The lowest BCUT2D eigenvalue weighted by Gasteiger charge is -2.39. The molecule has 4 nitrogen and oxygen atoms in total. The first kappa shape index (κ1) is 23.3. The summed E-state index contributed by atoms with van der Waals surface area (Å²) < 4.78 is 0. The van der Waals surface area contributed by atoms with Gasteiger partial charge in [-0.25, -0.2) is 0 Å². The molecule has 2 aromatic heterocycles. The van der Waals surface area contributed by atoms with E-state index in [2.05, 4.69) is 100 Å². The molecule has 5 heteroatoms. The molecule has 1 aliphatic heterocycles. The highest BCUT2D eigenvalue weighted by atomic mass is 32.2. The second-order valence-corrected chi connectivity index (χ2v) is 11.5. The monoisotopic (exact) mass is 514 g/mol. The molecule has 7 rings (SSSR count). The van der Waals surface area contributed by atoms with Crippen molar-refractivity contribution in [2.45, 2.75) is 54.2 Å². The first-order valence-corrected chi connectivity index (χ1v) is 14.3. The summed E-state index contributed by atoms with van der Waals surface area (Å²) in [5, 5.41) is 7.61. The number of benzene rings is 3. The van der Waals surface area contributed by atoms with Crippen molar-refractivity contribution in [3.63, 3.8) is 0 Å². The lowest BCUT2D eigenvalue weighted by Crippen LogP contribution is -2.31.